The molecule has 0 radical (unpaired) electrons. The molecule has 1 N–H and O–H groups in total. The second-order valence-corrected chi connectivity index (χ2v) is 6.96. The summed E-state index contributed by atoms with van der Waals surface area (Å²) in [6.45, 7) is 1.33. The highest BCUT2D eigenvalue weighted by molar-refractivity contribution is 6.42. The van der Waals surface area contributed by atoms with Gasteiger partial charge < -0.3 is 14.8 Å². The van der Waals surface area contributed by atoms with E-state index >= 15 is 0 Å². The highest BCUT2D eigenvalue weighted by atomic mass is 35.5. The molecule has 0 aromatic heterocycles. The number of ether oxygens (including phenoxy) is 2. The first kappa shape index (κ1) is 17.0. The average Bonchev–Trinajstić information content (AvgIpc) is 2.56. The zero-order valence-electron chi connectivity index (χ0n) is 12.9. The van der Waals surface area contributed by atoms with E-state index in [1.165, 1.54) is 0 Å². The van der Waals surface area contributed by atoms with Crippen LogP contribution in [-0.2, 0) is 20.7 Å². The van der Waals surface area contributed by atoms with Gasteiger partial charge in [-0.2, -0.15) is 0 Å². The number of halogens is 2. The van der Waals surface area contributed by atoms with Crippen molar-refractivity contribution in [2.24, 2.45) is 0 Å². The first-order valence-electron chi connectivity index (χ1n) is 8.08. The van der Waals surface area contributed by atoms with Gasteiger partial charge in [-0.05, 0) is 43.4 Å². The highest BCUT2D eigenvalue weighted by Gasteiger charge is 2.34. The topological polar surface area (TPSA) is 47.6 Å². The van der Waals surface area contributed by atoms with Crippen LogP contribution >= 0.6 is 23.2 Å². The fourth-order valence-corrected chi connectivity index (χ4v) is 3.57. The molecule has 4 nitrogen and oxygen atoms in total. The highest BCUT2D eigenvalue weighted by Crippen LogP contribution is 2.27. The van der Waals surface area contributed by atoms with E-state index in [2.05, 4.69) is 5.32 Å². The van der Waals surface area contributed by atoms with Gasteiger partial charge in [-0.1, -0.05) is 29.3 Å². The summed E-state index contributed by atoms with van der Waals surface area (Å²) in [4.78, 5) is 12.2. The molecule has 126 valence electrons. The van der Waals surface area contributed by atoms with E-state index in [4.69, 9.17) is 32.7 Å². The van der Waals surface area contributed by atoms with E-state index in [-0.39, 0.29) is 24.2 Å². The number of amides is 1. The van der Waals surface area contributed by atoms with Crippen LogP contribution in [-0.4, -0.2) is 37.4 Å². The molecule has 3 rings (SSSR count). The van der Waals surface area contributed by atoms with Crippen molar-refractivity contribution in [2.45, 2.75) is 50.4 Å². The fraction of sp³-hybridized carbons (Fsp3) is 0.588. The minimum Gasteiger partial charge on any atom is -0.373 e. The van der Waals surface area contributed by atoms with E-state index in [1.807, 2.05) is 12.1 Å². The zero-order chi connectivity index (χ0) is 16.2. The van der Waals surface area contributed by atoms with E-state index in [9.17, 15) is 4.79 Å². The summed E-state index contributed by atoms with van der Waals surface area (Å²) in [5.74, 6) is 0.0660. The molecule has 1 aliphatic heterocycles. The lowest BCUT2D eigenvalue weighted by Gasteiger charge is -2.39. The molecule has 23 heavy (non-hydrogen) atoms. The molecule has 1 aliphatic carbocycles. The minimum absolute atomic E-state index is 0.0660. The fourth-order valence-electron chi connectivity index (χ4n) is 3.25. The molecule has 1 heterocycles. The van der Waals surface area contributed by atoms with E-state index in [0.29, 0.717) is 36.1 Å². The Morgan fingerprint density at radius 1 is 1.13 bits per heavy atom. The van der Waals surface area contributed by atoms with Gasteiger partial charge in [-0.3, -0.25) is 4.79 Å². The number of rotatable bonds is 4. The first-order chi connectivity index (χ1) is 11.1. The summed E-state index contributed by atoms with van der Waals surface area (Å²) in [5, 5.41) is 4.17. The van der Waals surface area contributed by atoms with Crippen LogP contribution in [0.25, 0.3) is 0 Å². The van der Waals surface area contributed by atoms with Crippen LogP contribution in [0.1, 0.15) is 31.2 Å². The number of carbonyl (C=O) groups excluding carboxylic acids is 1. The molecule has 1 amide bonds. The predicted octanol–water partition coefficient (Wildman–Crippen LogP) is 3.38. The second-order valence-electron chi connectivity index (χ2n) is 6.14. The summed E-state index contributed by atoms with van der Waals surface area (Å²) in [7, 11) is 0. The molecule has 3 unspecified atom stereocenters. The van der Waals surface area contributed by atoms with Gasteiger partial charge in [0.2, 0.25) is 5.91 Å². The molecular weight excluding hydrogens is 337 g/mol. The molecule has 2 aliphatic rings. The molecule has 3 atom stereocenters. The summed E-state index contributed by atoms with van der Waals surface area (Å²) in [6.07, 6.45) is 4.15. The lowest BCUT2D eigenvalue weighted by molar-refractivity contribution is -0.158. The van der Waals surface area contributed by atoms with Gasteiger partial charge in [0, 0.05) is 12.5 Å². The van der Waals surface area contributed by atoms with Crippen LogP contribution in [0, 0.1) is 0 Å². The maximum atomic E-state index is 12.2. The van der Waals surface area contributed by atoms with Crippen LogP contribution in [0.3, 0.4) is 0 Å². The van der Waals surface area contributed by atoms with E-state index in [1.54, 1.807) is 6.07 Å². The van der Waals surface area contributed by atoms with Crippen LogP contribution < -0.4 is 5.32 Å². The van der Waals surface area contributed by atoms with Gasteiger partial charge in [0.25, 0.3) is 0 Å². The van der Waals surface area contributed by atoms with Crippen molar-refractivity contribution in [3.8, 4) is 0 Å². The van der Waals surface area contributed by atoms with Crippen molar-refractivity contribution < 1.29 is 14.3 Å². The maximum absolute atomic E-state index is 12.2. The quantitative estimate of drug-likeness (QED) is 0.898. The average molecular weight is 358 g/mol. The SMILES string of the molecule is O=C(CCc1ccc(Cl)c(Cl)c1)NC1CCC2OCCOC2C1. The summed E-state index contributed by atoms with van der Waals surface area (Å²) in [6, 6.07) is 5.66. The first-order valence-corrected chi connectivity index (χ1v) is 8.84. The van der Waals surface area contributed by atoms with Crippen LogP contribution in [0.5, 0.6) is 0 Å². The molecule has 6 heteroatoms. The second kappa shape index (κ2) is 7.84. The van der Waals surface area contributed by atoms with Gasteiger partial charge in [0.05, 0.1) is 35.5 Å². The van der Waals surface area contributed by atoms with Crippen molar-refractivity contribution >= 4 is 29.1 Å². The monoisotopic (exact) mass is 357 g/mol. The molecule has 1 aromatic carbocycles. The third-order valence-corrected chi connectivity index (χ3v) is 5.21. The number of fused-ring (bicyclic) bond motifs is 1. The molecule has 1 saturated heterocycles. The van der Waals surface area contributed by atoms with Gasteiger partial charge >= 0.3 is 0 Å². The van der Waals surface area contributed by atoms with E-state index in [0.717, 1.165) is 24.8 Å². The van der Waals surface area contributed by atoms with Crippen molar-refractivity contribution in [2.75, 3.05) is 13.2 Å². The third-order valence-electron chi connectivity index (χ3n) is 4.47. The Morgan fingerprint density at radius 3 is 2.70 bits per heavy atom. The molecule has 2 fully saturated rings. The Balaban J connectivity index is 1.45. The van der Waals surface area contributed by atoms with Gasteiger partial charge in [0.15, 0.2) is 0 Å². The molecule has 0 bridgehead atoms. The predicted molar refractivity (Wildman–Crippen MR) is 90.0 cm³/mol. The number of benzene rings is 1. The Morgan fingerprint density at radius 2 is 1.91 bits per heavy atom. The maximum Gasteiger partial charge on any atom is 0.220 e. The zero-order valence-corrected chi connectivity index (χ0v) is 14.4. The third kappa shape index (κ3) is 4.60. The van der Waals surface area contributed by atoms with Crippen molar-refractivity contribution in [3.05, 3.63) is 33.8 Å². The number of hydrogen-bond acceptors (Lipinski definition) is 3. The van der Waals surface area contributed by atoms with Crippen molar-refractivity contribution in [1.82, 2.24) is 5.32 Å². The largest absolute Gasteiger partial charge is 0.373 e. The number of carbonyl (C=O) groups is 1. The minimum atomic E-state index is 0.0660. The smallest absolute Gasteiger partial charge is 0.220 e. The number of nitrogens with one attached hydrogen (secondary N) is 1. The van der Waals surface area contributed by atoms with E-state index < -0.39 is 0 Å². The summed E-state index contributed by atoms with van der Waals surface area (Å²) in [5.41, 5.74) is 1.02. The molecular formula is C17H21Cl2NO3. The lowest BCUT2D eigenvalue weighted by atomic mass is 9.89. The number of hydrogen-bond donors (Lipinski definition) is 1. The van der Waals surface area contributed by atoms with Crippen LogP contribution in [0.2, 0.25) is 10.0 Å². The summed E-state index contributed by atoms with van der Waals surface area (Å²) >= 11 is 11.9. The molecule has 1 aromatic rings. The van der Waals surface area contributed by atoms with Crippen LogP contribution in [0.4, 0.5) is 0 Å². The lowest BCUT2D eigenvalue weighted by Crippen LogP contribution is -2.49. The van der Waals surface area contributed by atoms with Crippen LogP contribution in [0.15, 0.2) is 18.2 Å². The van der Waals surface area contributed by atoms with Gasteiger partial charge in [-0.25, -0.2) is 0 Å². The van der Waals surface area contributed by atoms with Gasteiger partial charge in [0.1, 0.15) is 0 Å². The summed E-state index contributed by atoms with van der Waals surface area (Å²) < 4.78 is 11.4. The Hall–Kier alpha value is -0.810. The Bertz CT molecular complexity index is 567. The number of aryl methyl sites for hydroxylation is 1. The molecule has 0 spiro atoms. The molecule has 1 saturated carbocycles. The Labute approximate surface area is 146 Å². The van der Waals surface area contributed by atoms with Crippen molar-refractivity contribution in [3.63, 3.8) is 0 Å². The van der Waals surface area contributed by atoms with Crippen molar-refractivity contribution in [1.29, 1.82) is 0 Å². The Kier molecular flexibility index (Phi) is 5.81. The standard InChI is InChI=1S/C17H21Cl2NO3/c18-13-4-1-11(9-14(13)19)2-6-17(21)20-12-3-5-15-16(10-12)23-8-7-22-15/h1,4,9,12,15-16H,2-3,5-8,10H2,(H,20,21). The van der Waals surface area contributed by atoms with Gasteiger partial charge in [-0.15, -0.1) is 0 Å². The normalized spacial score (nSPS) is 27.3.